The zero-order valence-corrected chi connectivity index (χ0v) is 18.6. The summed E-state index contributed by atoms with van der Waals surface area (Å²) in [6.07, 6.45) is 0. The third kappa shape index (κ3) is 5.50. The predicted octanol–water partition coefficient (Wildman–Crippen LogP) is 3.87. The highest BCUT2D eigenvalue weighted by Gasteiger charge is 2.19. The van der Waals surface area contributed by atoms with Crippen LogP contribution in [0, 0.1) is 6.92 Å². The maximum absolute atomic E-state index is 12.6. The molecule has 0 fully saturated rings. The quantitative estimate of drug-likeness (QED) is 0.484. The lowest BCUT2D eigenvalue weighted by Crippen LogP contribution is -2.24. The van der Waals surface area contributed by atoms with Crippen molar-refractivity contribution in [2.24, 2.45) is 0 Å². The van der Waals surface area contributed by atoms with E-state index in [1.807, 2.05) is 6.92 Å². The van der Waals surface area contributed by atoms with Crippen LogP contribution < -0.4 is 16.2 Å². The third-order valence-electron chi connectivity index (χ3n) is 4.35. The van der Waals surface area contributed by atoms with E-state index in [4.69, 9.17) is 11.6 Å². The Labute approximate surface area is 187 Å². The van der Waals surface area contributed by atoms with Gasteiger partial charge in [-0.2, -0.15) is 0 Å². The molecule has 2 aromatic carbocycles. The van der Waals surface area contributed by atoms with Crippen LogP contribution in [0.2, 0.25) is 5.02 Å². The van der Waals surface area contributed by atoms with Crippen LogP contribution in [-0.2, 0) is 9.59 Å². The lowest BCUT2D eigenvalue weighted by atomic mass is 10.1. The van der Waals surface area contributed by atoms with E-state index in [0.29, 0.717) is 22.0 Å². The molecule has 1 atom stereocenters. The second-order valence-corrected chi connectivity index (χ2v) is 8.43. The van der Waals surface area contributed by atoms with E-state index in [-0.39, 0.29) is 22.7 Å². The lowest BCUT2D eigenvalue weighted by Gasteiger charge is -2.13. The summed E-state index contributed by atoms with van der Waals surface area (Å²) in [5.41, 5.74) is 1.89. The lowest BCUT2D eigenvalue weighted by molar-refractivity contribution is -0.115. The fourth-order valence-corrected chi connectivity index (χ4v) is 3.65. The van der Waals surface area contributed by atoms with Crippen LogP contribution in [0.1, 0.15) is 19.4 Å². The van der Waals surface area contributed by atoms with E-state index < -0.39 is 10.8 Å². The minimum atomic E-state index is -0.555. The first-order chi connectivity index (χ1) is 14.8. The zero-order valence-electron chi connectivity index (χ0n) is 17.0. The average molecular weight is 458 g/mol. The van der Waals surface area contributed by atoms with Gasteiger partial charge in [-0.1, -0.05) is 47.6 Å². The number of carbonyl (C=O) groups excluding carboxylic acids is 2. The number of hydrogen-bond acceptors (Lipinski definition) is 6. The number of aromatic amines is 1. The number of halogens is 1. The van der Waals surface area contributed by atoms with Crippen molar-refractivity contribution >= 4 is 46.6 Å². The number of para-hydroxylation sites is 1. The van der Waals surface area contributed by atoms with Gasteiger partial charge < -0.3 is 10.6 Å². The Hall–Kier alpha value is -3.17. The molecule has 31 heavy (non-hydrogen) atoms. The van der Waals surface area contributed by atoms with Crippen LogP contribution in [0.4, 0.5) is 11.4 Å². The fourth-order valence-electron chi connectivity index (χ4n) is 2.74. The van der Waals surface area contributed by atoms with Gasteiger partial charge in [-0.15, -0.1) is 10.2 Å². The molecule has 0 radical (unpaired) electrons. The molecule has 3 rings (SSSR count). The normalized spacial score (nSPS) is 11.6. The molecule has 2 amide bonds. The van der Waals surface area contributed by atoms with Crippen molar-refractivity contribution in [3.63, 3.8) is 0 Å². The largest absolute Gasteiger partial charge is 0.326 e. The molecule has 160 valence electrons. The Morgan fingerprint density at radius 2 is 1.77 bits per heavy atom. The van der Waals surface area contributed by atoms with Crippen molar-refractivity contribution in [1.29, 1.82) is 0 Å². The summed E-state index contributed by atoms with van der Waals surface area (Å²) >= 11 is 7.16. The van der Waals surface area contributed by atoms with Gasteiger partial charge in [0.25, 0.3) is 5.56 Å². The smallest absolute Gasteiger partial charge is 0.278 e. The molecular weight excluding hydrogens is 438 g/mol. The minimum Gasteiger partial charge on any atom is -0.326 e. The van der Waals surface area contributed by atoms with E-state index in [2.05, 4.69) is 25.8 Å². The van der Waals surface area contributed by atoms with Gasteiger partial charge in [0.05, 0.1) is 10.9 Å². The zero-order chi connectivity index (χ0) is 22.5. The Kier molecular flexibility index (Phi) is 7.09. The summed E-state index contributed by atoms with van der Waals surface area (Å²) in [6.45, 7) is 4.89. The molecule has 1 heterocycles. The fraction of sp³-hybridized carbons (Fsp3) is 0.190. The van der Waals surface area contributed by atoms with Crippen LogP contribution in [0.3, 0.4) is 0 Å². The highest BCUT2D eigenvalue weighted by Crippen LogP contribution is 2.26. The molecule has 0 bridgehead atoms. The maximum Gasteiger partial charge on any atom is 0.278 e. The summed E-state index contributed by atoms with van der Waals surface area (Å²) in [5.74, 6) is -0.531. The number of benzene rings is 2. The summed E-state index contributed by atoms with van der Waals surface area (Å²) < 4.78 is 0. The predicted molar refractivity (Wildman–Crippen MR) is 123 cm³/mol. The molecule has 0 aliphatic heterocycles. The monoisotopic (exact) mass is 457 g/mol. The van der Waals surface area contributed by atoms with Gasteiger partial charge in [0.1, 0.15) is 0 Å². The standard InChI is InChI=1S/C21H20ClN5O3S/c1-11-15(22)8-6-10-16(11)24-19(29)12(2)31-21-25-20(30)18(26-27-21)14-7-4-5-9-17(14)23-13(3)28/h4-10,12H,1-3H3,(H,23,28)(H,24,29)(H,25,27,30)/t12-/m0/s1. The van der Waals surface area contributed by atoms with Crippen molar-refractivity contribution in [3.05, 3.63) is 63.4 Å². The van der Waals surface area contributed by atoms with E-state index in [9.17, 15) is 14.4 Å². The van der Waals surface area contributed by atoms with Crippen molar-refractivity contribution in [2.75, 3.05) is 10.6 Å². The van der Waals surface area contributed by atoms with Crippen LogP contribution in [-0.4, -0.2) is 32.2 Å². The number of aromatic nitrogens is 3. The molecule has 1 aromatic heterocycles. The molecule has 0 saturated heterocycles. The summed E-state index contributed by atoms with van der Waals surface area (Å²) in [7, 11) is 0. The third-order valence-corrected chi connectivity index (χ3v) is 5.74. The van der Waals surface area contributed by atoms with Gasteiger partial charge in [0, 0.05) is 23.2 Å². The number of rotatable bonds is 6. The van der Waals surface area contributed by atoms with Gasteiger partial charge >= 0.3 is 0 Å². The van der Waals surface area contributed by atoms with E-state index in [1.54, 1.807) is 49.4 Å². The Balaban J connectivity index is 1.76. The molecule has 8 nitrogen and oxygen atoms in total. The first-order valence-electron chi connectivity index (χ1n) is 9.33. The molecule has 10 heteroatoms. The van der Waals surface area contributed by atoms with Crippen LogP contribution in [0.15, 0.2) is 52.4 Å². The van der Waals surface area contributed by atoms with Crippen LogP contribution in [0.25, 0.3) is 11.3 Å². The van der Waals surface area contributed by atoms with Crippen LogP contribution in [0.5, 0.6) is 0 Å². The van der Waals surface area contributed by atoms with E-state index >= 15 is 0 Å². The minimum absolute atomic E-state index is 0.0698. The number of anilines is 2. The number of nitrogens with one attached hydrogen (secondary N) is 3. The Morgan fingerprint density at radius 1 is 1.06 bits per heavy atom. The van der Waals surface area contributed by atoms with Gasteiger partial charge in [0.2, 0.25) is 11.8 Å². The Bertz CT molecular complexity index is 1200. The van der Waals surface area contributed by atoms with Crippen molar-refractivity contribution in [1.82, 2.24) is 15.2 Å². The molecule has 0 aliphatic carbocycles. The van der Waals surface area contributed by atoms with Gasteiger partial charge in [-0.25, -0.2) is 0 Å². The summed E-state index contributed by atoms with van der Waals surface area (Å²) in [6, 6.07) is 12.1. The highest BCUT2D eigenvalue weighted by atomic mass is 35.5. The van der Waals surface area contributed by atoms with Gasteiger partial charge in [-0.05, 0) is 37.6 Å². The second kappa shape index (κ2) is 9.76. The second-order valence-electron chi connectivity index (χ2n) is 6.70. The van der Waals surface area contributed by atoms with Gasteiger partial charge in [-0.3, -0.25) is 19.4 Å². The number of thioether (sulfide) groups is 1. The Morgan fingerprint density at radius 3 is 2.48 bits per heavy atom. The molecule has 3 N–H and O–H groups in total. The summed E-state index contributed by atoms with van der Waals surface area (Å²) in [5, 5.41) is 13.8. The number of nitrogens with zero attached hydrogens (tertiary/aromatic N) is 2. The van der Waals surface area contributed by atoms with Gasteiger partial charge in [0.15, 0.2) is 10.9 Å². The number of amides is 2. The first kappa shape index (κ1) is 22.5. The number of hydrogen-bond donors (Lipinski definition) is 3. The van der Waals surface area contributed by atoms with Crippen molar-refractivity contribution in [2.45, 2.75) is 31.2 Å². The number of carbonyl (C=O) groups is 2. The molecule has 0 saturated carbocycles. The van der Waals surface area contributed by atoms with Crippen LogP contribution >= 0.6 is 23.4 Å². The molecule has 3 aromatic rings. The number of H-pyrrole nitrogens is 1. The highest BCUT2D eigenvalue weighted by molar-refractivity contribution is 8.00. The average Bonchev–Trinajstić information content (AvgIpc) is 2.72. The van der Waals surface area contributed by atoms with E-state index in [0.717, 1.165) is 17.3 Å². The first-order valence-corrected chi connectivity index (χ1v) is 10.6. The SMILES string of the molecule is CC(=O)Nc1ccccc1-c1nnc(S[C@@H](C)C(=O)Nc2cccc(Cl)c2C)[nH]c1=O. The summed E-state index contributed by atoms with van der Waals surface area (Å²) in [4.78, 5) is 39.2. The molecule has 0 spiro atoms. The molecule has 0 unspecified atom stereocenters. The molecular formula is C21H20ClN5O3S. The van der Waals surface area contributed by atoms with E-state index in [1.165, 1.54) is 6.92 Å². The maximum atomic E-state index is 12.6. The van der Waals surface area contributed by atoms with Crippen molar-refractivity contribution < 1.29 is 9.59 Å². The topological polar surface area (TPSA) is 117 Å². The molecule has 0 aliphatic rings. The van der Waals surface area contributed by atoms with Crippen molar-refractivity contribution in [3.8, 4) is 11.3 Å².